The third kappa shape index (κ3) is 3.50. The summed E-state index contributed by atoms with van der Waals surface area (Å²) in [5, 5.41) is 16.1. The molecule has 2 heterocycles. The first-order valence-electron chi connectivity index (χ1n) is 7.06. The molecule has 3 aromatic rings. The van der Waals surface area contributed by atoms with Crippen molar-refractivity contribution < 1.29 is 4.79 Å². The van der Waals surface area contributed by atoms with Crippen LogP contribution in [0.1, 0.15) is 22.4 Å². The largest absolute Gasteiger partial charge is 0.295 e. The van der Waals surface area contributed by atoms with E-state index in [1.54, 1.807) is 24.3 Å². The lowest BCUT2D eigenvalue weighted by atomic mass is 10.3. The van der Waals surface area contributed by atoms with Gasteiger partial charge in [0.2, 0.25) is 10.6 Å². The fourth-order valence-corrected chi connectivity index (χ4v) is 2.71. The number of halogens is 1. The quantitative estimate of drug-likeness (QED) is 0.771. The molecule has 0 atom stereocenters. The molecule has 7 nitrogen and oxygen atoms in total. The van der Waals surface area contributed by atoms with Crippen LogP contribution >= 0.6 is 22.9 Å². The molecule has 0 aliphatic carbocycles. The van der Waals surface area contributed by atoms with Gasteiger partial charge in [-0.2, -0.15) is 5.10 Å². The molecule has 9 heteroatoms. The molecule has 3 rings (SSSR count). The van der Waals surface area contributed by atoms with E-state index < -0.39 is 11.3 Å². The summed E-state index contributed by atoms with van der Waals surface area (Å²) in [5.74, 6) is -0.623. The summed E-state index contributed by atoms with van der Waals surface area (Å²) in [6.45, 7) is 1.94. The second-order valence-corrected chi connectivity index (χ2v) is 6.26. The number of nitrogens with one attached hydrogen (secondary N) is 1. The summed E-state index contributed by atoms with van der Waals surface area (Å²) in [5.41, 5.74) is -0.0173. The molecule has 1 N–H and O–H groups in total. The molecule has 0 unspecified atom stereocenters. The molecule has 0 saturated heterocycles. The number of aryl methyl sites for hydroxylation is 1. The second-order valence-electron chi connectivity index (χ2n) is 4.76. The molecule has 0 spiro atoms. The van der Waals surface area contributed by atoms with E-state index in [1.165, 1.54) is 28.3 Å². The summed E-state index contributed by atoms with van der Waals surface area (Å²) in [6.07, 6.45) is 2.21. The maximum atomic E-state index is 12.3. The van der Waals surface area contributed by atoms with Gasteiger partial charge in [0.1, 0.15) is 5.01 Å². The molecule has 0 aliphatic heterocycles. The molecule has 0 bridgehead atoms. The van der Waals surface area contributed by atoms with Crippen LogP contribution in [0, 0.1) is 0 Å². The van der Waals surface area contributed by atoms with E-state index in [0.29, 0.717) is 15.8 Å². The van der Waals surface area contributed by atoms with Crippen molar-refractivity contribution in [3.8, 4) is 5.69 Å². The fourth-order valence-electron chi connectivity index (χ4n) is 1.91. The third-order valence-electron chi connectivity index (χ3n) is 3.10. The van der Waals surface area contributed by atoms with Crippen molar-refractivity contribution in [2.45, 2.75) is 13.3 Å². The van der Waals surface area contributed by atoms with Crippen molar-refractivity contribution >= 4 is 34.0 Å². The van der Waals surface area contributed by atoms with Crippen molar-refractivity contribution in [1.29, 1.82) is 0 Å². The molecule has 0 fully saturated rings. The van der Waals surface area contributed by atoms with Crippen LogP contribution in [0.15, 0.2) is 41.3 Å². The molecule has 24 heavy (non-hydrogen) atoms. The number of aromatic nitrogens is 4. The molecular formula is C15H12ClN5O2S. The minimum atomic E-state index is -0.623. The molecule has 0 radical (unpaired) electrons. The number of carbonyl (C=O) groups is 1. The lowest BCUT2D eigenvalue weighted by Gasteiger charge is -2.07. The molecule has 0 aliphatic rings. The van der Waals surface area contributed by atoms with Gasteiger partial charge in [0.15, 0.2) is 5.69 Å². The van der Waals surface area contributed by atoms with Gasteiger partial charge in [-0.3, -0.25) is 14.9 Å². The average molecular weight is 362 g/mol. The summed E-state index contributed by atoms with van der Waals surface area (Å²) in [7, 11) is 0. The summed E-state index contributed by atoms with van der Waals surface area (Å²) in [6, 6.07) is 8.15. The van der Waals surface area contributed by atoms with E-state index in [2.05, 4.69) is 20.6 Å². The molecule has 2 aromatic heterocycles. The number of nitrogens with zero attached hydrogens (tertiary/aromatic N) is 4. The number of hydrogen-bond donors (Lipinski definition) is 1. The molecular weight excluding hydrogens is 350 g/mol. The maximum Gasteiger partial charge on any atom is 0.282 e. The molecule has 122 valence electrons. The first kappa shape index (κ1) is 16.3. The van der Waals surface area contributed by atoms with Gasteiger partial charge in [0, 0.05) is 17.3 Å². The van der Waals surface area contributed by atoms with E-state index in [-0.39, 0.29) is 5.69 Å². The highest BCUT2D eigenvalue weighted by Gasteiger charge is 2.15. The van der Waals surface area contributed by atoms with Crippen LogP contribution in [0.3, 0.4) is 0 Å². The number of anilines is 1. The van der Waals surface area contributed by atoms with E-state index in [4.69, 9.17) is 11.6 Å². The molecule has 1 amide bonds. The van der Waals surface area contributed by atoms with Crippen molar-refractivity contribution in [3.63, 3.8) is 0 Å². The van der Waals surface area contributed by atoms with Gasteiger partial charge >= 0.3 is 0 Å². The first-order chi connectivity index (χ1) is 11.6. The van der Waals surface area contributed by atoms with Crippen molar-refractivity contribution in [3.05, 3.63) is 62.5 Å². The topological polar surface area (TPSA) is 89.8 Å². The normalized spacial score (nSPS) is 10.6. The Balaban J connectivity index is 1.89. The highest BCUT2D eigenvalue weighted by Crippen LogP contribution is 2.16. The smallest absolute Gasteiger partial charge is 0.282 e. The van der Waals surface area contributed by atoms with Crippen LogP contribution in [0.4, 0.5) is 5.13 Å². The minimum absolute atomic E-state index is 0.222. The van der Waals surface area contributed by atoms with Gasteiger partial charge in [-0.05, 0) is 30.7 Å². The Hall–Kier alpha value is -2.58. The molecule has 0 saturated carbocycles. The van der Waals surface area contributed by atoms with Gasteiger partial charge < -0.3 is 0 Å². The Kier molecular flexibility index (Phi) is 4.68. The minimum Gasteiger partial charge on any atom is -0.295 e. The second kappa shape index (κ2) is 6.90. The Morgan fingerprint density at radius 1 is 1.25 bits per heavy atom. The SMILES string of the molecule is CCc1nnc(NC(=O)c2nn(-c3ccc(Cl)cc3)ccc2=O)s1. The zero-order chi connectivity index (χ0) is 17.1. The number of rotatable bonds is 4. The van der Waals surface area contributed by atoms with Gasteiger partial charge in [-0.15, -0.1) is 10.2 Å². The van der Waals surface area contributed by atoms with Crippen LogP contribution in [-0.4, -0.2) is 25.9 Å². The maximum absolute atomic E-state index is 12.3. The Bertz CT molecular complexity index is 936. The summed E-state index contributed by atoms with van der Waals surface area (Å²) < 4.78 is 1.43. The van der Waals surface area contributed by atoms with Crippen LogP contribution in [-0.2, 0) is 6.42 Å². The lowest BCUT2D eigenvalue weighted by molar-refractivity contribution is 0.101. The zero-order valence-electron chi connectivity index (χ0n) is 12.6. The lowest BCUT2D eigenvalue weighted by Crippen LogP contribution is -2.25. The number of amides is 1. The van der Waals surface area contributed by atoms with Crippen LogP contribution < -0.4 is 10.7 Å². The third-order valence-corrected chi connectivity index (χ3v) is 4.34. The Morgan fingerprint density at radius 2 is 2.00 bits per heavy atom. The van der Waals surface area contributed by atoms with Crippen molar-refractivity contribution in [2.24, 2.45) is 0 Å². The van der Waals surface area contributed by atoms with E-state index in [1.807, 2.05) is 6.92 Å². The van der Waals surface area contributed by atoms with E-state index in [9.17, 15) is 9.59 Å². The predicted octanol–water partition coefficient (Wildman–Crippen LogP) is 2.55. The molecule has 1 aromatic carbocycles. The van der Waals surface area contributed by atoms with Crippen LogP contribution in [0.5, 0.6) is 0 Å². The standard InChI is InChI=1S/C15H12ClN5O2S/c1-2-12-18-19-15(24-12)17-14(23)13-11(22)7-8-21(20-13)10-5-3-9(16)4-6-10/h3-8H,2H2,1H3,(H,17,19,23). The van der Waals surface area contributed by atoms with Crippen LogP contribution in [0.25, 0.3) is 5.69 Å². The van der Waals surface area contributed by atoms with Crippen LogP contribution in [0.2, 0.25) is 5.02 Å². The van der Waals surface area contributed by atoms with Gasteiger partial charge in [-0.1, -0.05) is 29.9 Å². The van der Waals surface area contributed by atoms with Gasteiger partial charge in [-0.25, -0.2) is 4.68 Å². The van der Waals surface area contributed by atoms with Crippen molar-refractivity contribution in [2.75, 3.05) is 5.32 Å². The average Bonchev–Trinajstić information content (AvgIpc) is 3.03. The van der Waals surface area contributed by atoms with E-state index in [0.717, 1.165) is 11.4 Å². The van der Waals surface area contributed by atoms with Gasteiger partial charge in [0.05, 0.1) is 5.69 Å². The monoisotopic (exact) mass is 361 g/mol. The highest BCUT2D eigenvalue weighted by molar-refractivity contribution is 7.15. The zero-order valence-corrected chi connectivity index (χ0v) is 14.1. The highest BCUT2D eigenvalue weighted by atomic mass is 35.5. The van der Waals surface area contributed by atoms with Crippen molar-refractivity contribution in [1.82, 2.24) is 20.0 Å². The Labute approximate surface area is 145 Å². The van der Waals surface area contributed by atoms with Gasteiger partial charge in [0.25, 0.3) is 5.91 Å². The summed E-state index contributed by atoms with van der Waals surface area (Å²) >= 11 is 7.11. The fraction of sp³-hybridized carbons (Fsp3) is 0.133. The number of carbonyl (C=O) groups excluding carboxylic acids is 1. The predicted molar refractivity (Wildman–Crippen MR) is 92.1 cm³/mol. The summed E-state index contributed by atoms with van der Waals surface area (Å²) in [4.78, 5) is 24.3. The Morgan fingerprint density at radius 3 is 2.67 bits per heavy atom. The number of benzene rings is 1. The van der Waals surface area contributed by atoms with E-state index >= 15 is 0 Å². The number of hydrogen-bond acceptors (Lipinski definition) is 6. The first-order valence-corrected chi connectivity index (χ1v) is 8.26.